The summed E-state index contributed by atoms with van der Waals surface area (Å²) in [5.74, 6) is 1.03. The number of anilines is 1. The molecule has 1 aromatic heterocycles. The maximum Gasteiger partial charge on any atom is 0.228 e. The molecule has 0 bridgehead atoms. The topological polar surface area (TPSA) is 54.7 Å². The highest BCUT2D eigenvalue weighted by Gasteiger charge is 2.30. The zero-order valence-electron chi connectivity index (χ0n) is 15.0. The molecule has 138 valence electrons. The molecule has 0 aliphatic carbocycles. The number of hydrogen-bond donors (Lipinski definition) is 1. The average Bonchev–Trinajstić information content (AvgIpc) is 3.24. The van der Waals surface area contributed by atoms with Crippen LogP contribution in [0.25, 0.3) is 11.3 Å². The molecule has 2 fully saturated rings. The monoisotopic (exact) mass is 354 g/mol. The molecule has 1 N–H and O–H groups in total. The predicted octanol–water partition coefficient (Wildman–Crippen LogP) is 3.78. The molecule has 0 unspecified atom stereocenters. The standard InChI is InChI=1S/C21H26N2O3/c24-21(17-3-1-11-23(15-17)19-9-13-25-14-10-19)22-18-7-5-16(6-8-18)20-4-2-12-26-20/h2,4-8,12,17,19H,1,3,9-11,13-15H2,(H,22,24)/t17-/m0/s1. The van der Waals surface area contributed by atoms with Gasteiger partial charge in [-0.15, -0.1) is 0 Å². The highest BCUT2D eigenvalue weighted by atomic mass is 16.5. The number of furan rings is 1. The van der Waals surface area contributed by atoms with E-state index in [-0.39, 0.29) is 11.8 Å². The first kappa shape index (κ1) is 17.3. The smallest absolute Gasteiger partial charge is 0.228 e. The number of likely N-dealkylation sites (tertiary alicyclic amines) is 1. The van der Waals surface area contributed by atoms with Crippen molar-refractivity contribution in [2.24, 2.45) is 5.92 Å². The minimum Gasteiger partial charge on any atom is -0.464 e. The number of carbonyl (C=O) groups excluding carboxylic acids is 1. The van der Waals surface area contributed by atoms with E-state index in [9.17, 15) is 4.79 Å². The summed E-state index contributed by atoms with van der Waals surface area (Å²) in [6, 6.07) is 12.2. The molecular weight excluding hydrogens is 328 g/mol. The molecule has 0 radical (unpaired) electrons. The van der Waals surface area contributed by atoms with Gasteiger partial charge >= 0.3 is 0 Å². The van der Waals surface area contributed by atoms with Crippen molar-refractivity contribution in [3.63, 3.8) is 0 Å². The van der Waals surface area contributed by atoms with Crippen LogP contribution >= 0.6 is 0 Å². The normalized spacial score (nSPS) is 22.2. The first-order valence-corrected chi connectivity index (χ1v) is 9.56. The van der Waals surface area contributed by atoms with E-state index < -0.39 is 0 Å². The van der Waals surface area contributed by atoms with Crippen LogP contribution in [0.4, 0.5) is 5.69 Å². The summed E-state index contributed by atoms with van der Waals surface area (Å²) in [7, 11) is 0. The van der Waals surface area contributed by atoms with Gasteiger partial charge in [-0.1, -0.05) is 0 Å². The van der Waals surface area contributed by atoms with Crippen LogP contribution in [-0.2, 0) is 9.53 Å². The molecule has 2 saturated heterocycles. The number of hydrogen-bond acceptors (Lipinski definition) is 4. The average molecular weight is 354 g/mol. The first-order chi connectivity index (χ1) is 12.8. The Morgan fingerprint density at radius 3 is 2.62 bits per heavy atom. The van der Waals surface area contributed by atoms with Gasteiger partial charge in [0.1, 0.15) is 5.76 Å². The van der Waals surface area contributed by atoms with E-state index >= 15 is 0 Å². The molecule has 5 nitrogen and oxygen atoms in total. The van der Waals surface area contributed by atoms with Gasteiger partial charge in [-0.25, -0.2) is 0 Å². The SMILES string of the molecule is O=C(Nc1ccc(-c2ccco2)cc1)[C@H]1CCCN(C2CCOCC2)C1. The molecule has 5 heteroatoms. The van der Waals surface area contributed by atoms with Crippen molar-refractivity contribution in [2.45, 2.75) is 31.7 Å². The van der Waals surface area contributed by atoms with Gasteiger partial charge in [0.05, 0.1) is 12.2 Å². The number of rotatable bonds is 4. The molecule has 26 heavy (non-hydrogen) atoms. The van der Waals surface area contributed by atoms with Crippen LogP contribution < -0.4 is 5.32 Å². The summed E-state index contributed by atoms with van der Waals surface area (Å²) in [6.45, 7) is 3.66. The fourth-order valence-corrected chi connectivity index (χ4v) is 4.01. The van der Waals surface area contributed by atoms with E-state index in [0.717, 1.165) is 69.0 Å². The van der Waals surface area contributed by atoms with E-state index in [1.165, 1.54) is 0 Å². The molecule has 1 aromatic carbocycles. The van der Waals surface area contributed by atoms with Crippen LogP contribution in [-0.4, -0.2) is 43.2 Å². The van der Waals surface area contributed by atoms with Crippen molar-refractivity contribution in [2.75, 3.05) is 31.6 Å². The van der Waals surface area contributed by atoms with Gasteiger partial charge in [-0.05, 0) is 68.6 Å². The zero-order valence-corrected chi connectivity index (χ0v) is 15.0. The van der Waals surface area contributed by atoms with Crippen LogP contribution in [0.3, 0.4) is 0 Å². The fourth-order valence-electron chi connectivity index (χ4n) is 4.01. The molecule has 0 spiro atoms. The molecule has 2 aromatic rings. The van der Waals surface area contributed by atoms with E-state index in [4.69, 9.17) is 9.15 Å². The Labute approximate surface area is 154 Å². The molecule has 0 saturated carbocycles. The maximum atomic E-state index is 12.7. The molecule has 1 amide bonds. The third-order valence-electron chi connectivity index (χ3n) is 5.49. The molecule has 3 heterocycles. The van der Waals surface area contributed by atoms with E-state index in [0.29, 0.717) is 6.04 Å². The van der Waals surface area contributed by atoms with Gasteiger partial charge in [-0.3, -0.25) is 9.69 Å². The Bertz CT molecular complexity index is 705. The van der Waals surface area contributed by atoms with E-state index in [1.807, 2.05) is 36.4 Å². The molecular formula is C21H26N2O3. The minimum absolute atomic E-state index is 0.0661. The number of piperidine rings is 1. The lowest BCUT2D eigenvalue weighted by molar-refractivity contribution is -0.122. The molecule has 1 atom stereocenters. The highest BCUT2D eigenvalue weighted by Crippen LogP contribution is 2.25. The van der Waals surface area contributed by atoms with Crippen molar-refractivity contribution in [3.8, 4) is 11.3 Å². The number of nitrogens with one attached hydrogen (secondary N) is 1. The number of carbonyl (C=O) groups is 1. The van der Waals surface area contributed by atoms with Crippen molar-refractivity contribution >= 4 is 11.6 Å². The Hall–Kier alpha value is -2.11. The second-order valence-electron chi connectivity index (χ2n) is 7.22. The van der Waals surface area contributed by atoms with Crippen molar-refractivity contribution in [1.82, 2.24) is 4.90 Å². The summed E-state index contributed by atoms with van der Waals surface area (Å²) in [4.78, 5) is 15.2. The maximum absolute atomic E-state index is 12.7. The van der Waals surface area contributed by atoms with Crippen molar-refractivity contribution in [1.29, 1.82) is 0 Å². The summed E-state index contributed by atoms with van der Waals surface area (Å²) >= 11 is 0. The quantitative estimate of drug-likeness (QED) is 0.908. The number of ether oxygens (including phenoxy) is 1. The summed E-state index contributed by atoms with van der Waals surface area (Å²) < 4.78 is 10.9. The van der Waals surface area contributed by atoms with Crippen molar-refractivity contribution < 1.29 is 13.9 Å². The van der Waals surface area contributed by atoms with Crippen molar-refractivity contribution in [3.05, 3.63) is 42.7 Å². The predicted molar refractivity (Wildman–Crippen MR) is 101 cm³/mol. The van der Waals surface area contributed by atoms with Crippen LogP contribution in [0.5, 0.6) is 0 Å². The lowest BCUT2D eigenvalue weighted by atomic mass is 9.94. The van der Waals surface area contributed by atoms with Gasteiger partial charge < -0.3 is 14.5 Å². The van der Waals surface area contributed by atoms with Gasteiger partial charge in [-0.2, -0.15) is 0 Å². The third-order valence-corrected chi connectivity index (χ3v) is 5.49. The van der Waals surface area contributed by atoms with E-state index in [2.05, 4.69) is 10.2 Å². The van der Waals surface area contributed by atoms with Crippen LogP contribution in [0.2, 0.25) is 0 Å². The molecule has 2 aliphatic heterocycles. The number of benzene rings is 1. The second kappa shape index (κ2) is 8.06. The van der Waals surface area contributed by atoms with E-state index in [1.54, 1.807) is 6.26 Å². The van der Waals surface area contributed by atoms with Gasteiger partial charge in [0.25, 0.3) is 0 Å². The molecule has 2 aliphatic rings. The second-order valence-corrected chi connectivity index (χ2v) is 7.22. The fraction of sp³-hybridized carbons (Fsp3) is 0.476. The molecule has 4 rings (SSSR count). The lowest BCUT2D eigenvalue weighted by Gasteiger charge is -2.39. The zero-order chi connectivity index (χ0) is 17.8. The number of nitrogens with zero attached hydrogens (tertiary/aromatic N) is 1. The third kappa shape index (κ3) is 4.00. The number of amides is 1. The minimum atomic E-state index is 0.0661. The summed E-state index contributed by atoms with van der Waals surface area (Å²) in [5.41, 5.74) is 1.85. The highest BCUT2D eigenvalue weighted by molar-refractivity contribution is 5.93. The van der Waals surface area contributed by atoms with Crippen LogP contribution in [0, 0.1) is 5.92 Å². The van der Waals surface area contributed by atoms with Crippen LogP contribution in [0.1, 0.15) is 25.7 Å². The largest absolute Gasteiger partial charge is 0.464 e. The Morgan fingerprint density at radius 2 is 1.88 bits per heavy atom. The Balaban J connectivity index is 1.35. The lowest BCUT2D eigenvalue weighted by Crippen LogP contribution is -2.47. The first-order valence-electron chi connectivity index (χ1n) is 9.56. The van der Waals surface area contributed by atoms with Crippen LogP contribution in [0.15, 0.2) is 47.1 Å². The summed E-state index contributed by atoms with van der Waals surface area (Å²) in [6.07, 6.45) is 5.90. The van der Waals surface area contributed by atoms with Gasteiger partial charge in [0.15, 0.2) is 0 Å². The Kier molecular flexibility index (Phi) is 5.37. The summed E-state index contributed by atoms with van der Waals surface area (Å²) in [5, 5.41) is 3.09. The van der Waals surface area contributed by atoms with Gasteiger partial charge in [0.2, 0.25) is 5.91 Å². The Morgan fingerprint density at radius 1 is 1.08 bits per heavy atom. The van der Waals surface area contributed by atoms with Gasteiger partial charge in [0, 0.05) is 37.1 Å².